The van der Waals surface area contributed by atoms with Crippen molar-refractivity contribution >= 4 is 15.9 Å². The maximum atomic E-state index is 5.83. The van der Waals surface area contributed by atoms with E-state index in [1.165, 1.54) is 11.1 Å². The number of halogens is 1. The van der Waals surface area contributed by atoms with Crippen LogP contribution < -0.4 is 10.1 Å². The Labute approximate surface area is 133 Å². The molecule has 21 heavy (non-hydrogen) atoms. The Bertz CT molecular complexity index is 598. The number of nitrogens with zero attached hydrogens (tertiary/aromatic N) is 1. The van der Waals surface area contributed by atoms with Crippen LogP contribution in [0.15, 0.2) is 29.0 Å². The molecule has 0 saturated carbocycles. The molecule has 0 saturated heterocycles. The van der Waals surface area contributed by atoms with E-state index in [-0.39, 0.29) is 6.04 Å². The molecule has 112 valence electrons. The van der Waals surface area contributed by atoms with Gasteiger partial charge in [0.25, 0.3) is 0 Å². The molecule has 0 fully saturated rings. The van der Waals surface area contributed by atoms with Crippen LogP contribution in [0.2, 0.25) is 0 Å². The minimum atomic E-state index is 0.183. The number of hydrogen-bond donors (Lipinski definition) is 2. The molecule has 0 amide bonds. The van der Waals surface area contributed by atoms with Crippen LogP contribution in [0.1, 0.15) is 36.3 Å². The molecule has 2 heterocycles. The number of hydrogen-bond acceptors (Lipinski definition) is 3. The zero-order valence-electron chi connectivity index (χ0n) is 12.2. The molecule has 4 nitrogen and oxygen atoms in total. The Morgan fingerprint density at radius 3 is 3.14 bits per heavy atom. The number of fused-ring (bicyclic) bond motifs is 1. The molecule has 2 N–H and O–H groups in total. The van der Waals surface area contributed by atoms with Crippen LogP contribution in [0.3, 0.4) is 0 Å². The zero-order chi connectivity index (χ0) is 14.7. The molecule has 3 rings (SSSR count). The van der Waals surface area contributed by atoms with E-state index in [2.05, 4.69) is 50.3 Å². The lowest BCUT2D eigenvalue weighted by molar-refractivity contribution is 0.351. The summed E-state index contributed by atoms with van der Waals surface area (Å²) in [6.07, 6.45) is 6.64. The highest BCUT2D eigenvalue weighted by Crippen LogP contribution is 2.35. The third-order valence-electron chi connectivity index (χ3n) is 3.74. The number of aromatic nitrogens is 2. The van der Waals surface area contributed by atoms with Gasteiger partial charge in [0.1, 0.15) is 11.6 Å². The minimum Gasteiger partial charge on any atom is -0.493 e. The van der Waals surface area contributed by atoms with Crippen LogP contribution in [0.25, 0.3) is 0 Å². The van der Waals surface area contributed by atoms with E-state index in [1.54, 1.807) is 6.20 Å². The number of H-pyrrole nitrogens is 1. The first kappa shape index (κ1) is 14.6. The second-order valence-corrected chi connectivity index (χ2v) is 6.25. The van der Waals surface area contributed by atoms with Gasteiger partial charge in [0.05, 0.1) is 12.6 Å². The molecule has 0 aliphatic carbocycles. The largest absolute Gasteiger partial charge is 0.493 e. The lowest BCUT2D eigenvalue weighted by Crippen LogP contribution is -2.25. The average Bonchev–Trinajstić information content (AvgIpc) is 3.13. The van der Waals surface area contributed by atoms with Crippen molar-refractivity contribution in [3.63, 3.8) is 0 Å². The number of aromatic amines is 1. The molecule has 1 atom stereocenters. The summed E-state index contributed by atoms with van der Waals surface area (Å²) in [6.45, 7) is 3.93. The fourth-order valence-electron chi connectivity index (χ4n) is 2.77. The highest BCUT2D eigenvalue weighted by atomic mass is 79.9. The second-order valence-electron chi connectivity index (χ2n) is 5.34. The smallest absolute Gasteiger partial charge is 0.125 e. The molecule has 1 aliphatic rings. The molecule has 1 aromatic carbocycles. The SMILES string of the molecule is CCCNC(Cc1cc(Br)cc2c1OCC2)c1ncc[nH]1. The predicted octanol–water partition coefficient (Wildman–Crippen LogP) is 3.39. The summed E-state index contributed by atoms with van der Waals surface area (Å²) >= 11 is 3.61. The van der Waals surface area contributed by atoms with E-state index in [0.717, 1.165) is 48.5 Å². The van der Waals surface area contributed by atoms with Gasteiger partial charge in [-0.3, -0.25) is 0 Å². The second kappa shape index (κ2) is 6.62. The third-order valence-corrected chi connectivity index (χ3v) is 4.20. The van der Waals surface area contributed by atoms with Gasteiger partial charge in [0.15, 0.2) is 0 Å². The van der Waals surface area contributed by atoms with Crippen molar-refractivity contribution < 1.29 is 4.74 Å². The van der Waals surface area contributed by atoms with Crippen LogP contribution in [0.5, 0.6) is 5.75 Å². The minimum absolute atomic E-state index is 0.183. The number of imidazole rings is 1. The fraction of sp³-hybridized carbons (Fsp3) is 0.438. The molecule has 1 aromatic heterocycles. The lowest BCUT2D eigenvalue weighted by Gasteiger charge is -2.18. The van der Waals surface area contributed by atoms with Gasteiger partial charge in [0, 0.05) is 23.3 Å². The maximum absolute atomic E-state index is 5.83. The summed E-state index contributed by atoms with van der Waals surface area (Å²) in [5.41, 5.74) is 2.54. The van der Waals surface area contributed by atoms with E-state index in [4.69, 9.17) is 4.74 Å². The van der Waals surface area contributed by atoms with Crippen LogP contribution in [0.4, 0.5) is 0 Å². The summed E-state index contributed by atoms with van der Waals surface area (Å²) in [5, 5.41) is 3.57. The van der Waals surface area contributed by atoms with Crippen LogP contribution in [-0.2, 0) is 12.8 Å². The van der Waals surface area contributed by atoms with Crippen molar-refractivity contribution in [2.75, 3.05) is 13.2 Å². The first-order valence-electron chi connectivity index (χ1n) is 7.44. The Balaban J connectivity index is 1.86. The number of ether oxygens (including phenoxy) is 1. The summed E-state index contributed by atoms with van der Waals surface area (Å²) in [7, 11) is 0. The summed E-state index contributed by atoms with van der Waals surface area (Å²) < 4.78 is 6.95. The van der Waals surface area contributed by atoms with Gasteiger partial charge < -0.3 is 15.0 Å². The quantitative estimate of drug-likeness (QED) is 0.840. The van der Waals surface area contributed by atoms with Crippen molar-refractivity contribution in [2.45, 2.75) is 32.2 Å². The van der Waals surface area contributed by atoms with Crippen molar-refractivity contribution in [1.29, 1.82) is 0 Å². The summed E-state index contributed by atoms with van der Waals surface area (Å²) in [6, 6.07) is 4.50. The highest BCUT2D eigenvalue weighted by Gasteiger charge is 2.21. The van der Waals surface area contributed by atoms with E-state index in [9.17, 15) is 0 Å². The maximum Gasteiger partial charge on any atom is 0.125 e. The molecule has 2 aromatic rings. The van der Waals surface area contributed by atoms with Gasteiger partial charge in [-0.2, -0.15) is 0 Å². The van der Waals surface area contributed by atoms with Crippen LogP contribution in [-0.4, -0.2) is 23.1 Å². The third kappa shape index (κ3) is 3.30. The van der Waals surface area contributed by atoms with Crippen LogP contribution >= 0.6 is 15.9 Å². The molecule has 0 bridgehead atoms. The predicted molar refractivity (Wildman–Crippen MR) is 86.7 cm³/mol. The standard InChI is InChI=1S/C16H20BrN3O/c1-2-4-18-14(16-19-5-6-20-16)10-12-9-13(17)8-11-3-7-21-15(11)12/h5-6,8-9,14,18H,2-4,7,10H2,1H3,(H,19,20). The zero-order valence-corrected chi connectivity index (χ0v) is 13.7. The van der Waals surface area contributed by atoms with E-state index >= 15 is 0 Å². The Morgan fingerprint density at radius 2 is 2.38 bits per heavy atom. The van der Waals surface area contributed by atoms with Gasteiger partial charge in [-0.1, -0.05) is 22.9 Å². The first-order valence-corrected chi connectivity index (χ1v) is 8.24. The Morgan fingerprint density at radius 1 is 1.48 bits per heavy atom. The highest BCUT2D eigenvalue weighted by molar-refractivity contribution is 9.10. The molecule has 1 unspecified atom stereocenters. The Kier molecular flexibility index (Phi) is 4.60. The molecular formula is C16H20BrN3O. The van der Waals surface area contributed by atoms with Crippen molar-refractivity contribution in [2.24, 2.45) is 0 Å². The molecule has 5 heteroatoms. The van der Waals surface area contributed by atoms with E-state index in [0.29, 0.717) is 0 Å². The van der Waals surface area contributed by atoms with Gasteiger partial charge >= 0.3 is 0 Å². The summed E-state index contributed by atoms with van der Waals surface area (Å²) in [5.74, 6) is 2.04. The Hall–Kier alpha value is -1.33. The topological polar surface area (TPSA) is 49.9 Å². The van der Waals surface area contributed by atoms with Gasteiger partial charge in [0.2, 0.25) is 0 Å². The van der Waals surface area contributed by atoms with Gasteiger partial charge in [-0.15, -0.1) is 0 Å². The van der Waals surface area contributed by atoms with E-state index < -0.39 is 0 Å². The molecule has 0 radical (unpaired) electrons. The van der Waals surface area contributed by atoms with Gasteiger partial charge in [-0.05, 0) is 42.6 Å². The average molecular weight is 350 g/mol. The monoisotopic (exact) mass is 349 g/mol. The molecule has 1 aliphatic heterocycles. The normalized spacial score (nSPS) is 14.8. The number of benzene rings is 1. The van der Waals surface area contributed by atoms with Crippen molar-refractivity contribution in [3.05, 3.63) is 46.0 Å². The van der Waals surface area contributed by atoms with E-state index in [1.807, 2.05) is 6.20 Å². The van der Waals surface area contributed by atoms with Crippen molar-refractivity contribution in [1.82, 2.24) is 15.3 Å². The van der Waals surface area contributed by atoms with Gasteiger partial charge in [-0.25, -0.2) is 4.98 Å². The molecular weight excluding hydrogens is 330 g/mol. The fourth-order valence-corrected chi connectivity index (χ4v) is 3.32. The van der Waals surface area contributed by atoms with Crippen molar-refractivity contribution in [3.8, 4) is 5.75 Å². The molecule has 0 spiro atoms. The lowest BCUT2D eigenvalue weighted by atomic mass is 10.0. The number of nitrogens with one attached hydrogen (secondary N) is 2. The number of rotatable bonds is 6. The first-order chi connectivity index (χ1) is 10.3. The van der Waals surface area contributed by atoms with Crippen LogP contribution in [0, 0.1) is 0 Å². The summed E-state index contributed by atoms with van der Waals surface area (Å²) in [4.78, 5) is 7.63.